The lowest BCUT2D eigenvalue weighted by Gasteiger charge is -1.89. The molecule has 2 aromatic carbocycles. The Morgan fingerprint density at radius 2 is 1.06 bits per heavy atom. The molecule has 0 radical (unpaired) electrons. The van der Waals surface area contributed by atoms with Gasteiger partial charge in [0.15, 0.2) is 0 Å². The zero-order valence-electron chi connectivity index (χ0n) is 12.2. The Hall–Kier alpha value is -1.56. The zero-order valence-corrected chi connectivity index (χ0v) is 12.2. The van der Waals surface area contributed by atoms with E-state index in [0.717, 1.165) is 6.42 Å². The van der Waals surface area contributed by atoms with Crippen LogP contribution in [0.3, 0.4) is 0 Å². The molecule has 0 spiro atoms. The van der Waals surface area contributed by atoms with Gasteiger partial charge < -0.3 is 0 Å². The zero-order chi connectivity index (χ0) is 13.6. The number of hydrogen-bond acceptors (Lipinski definition) is 0. The van der Waals surface area contributed by atoms with Crippen LogP contribution < -0.4 is 0 Å². The molecular formula is C18H26. The SMILES string of the molecule is CCC.CCc1ccccc1.Cc1ccccc1. The third-order valence-corrected chi connectivity index (χ3v) is 2.19. The maximum atomic E-state index is 2.16. The van der Waals surface area contributed by atoms with Crippen LogP contribution in [0.5, 0.6) is 0 Å². The minimum atomic E-state index is 1.14. The van der Waals surface area contributed by atoms with Gasteiger partial charge in [0.1, 0.15) is 0 Å². The summed E-state index contributed by atoms with van der Waals surface area (Å²) in [6.07, 6.45) is 2.39. The van der Waals surface area contributed by atoms with Crippen LogP contribution in [0.15, 0.2) is 60.7 Å². The quantitative estimate of drug-likeness (QED) is 0.605. The van der Waals surface area contributed by atoms with E-state index in [1.807, 2.05) is 24.3 Å². The molecular weight excluding hydrogens is 216 g/mol. The highest BCUT2D eigenvalue weighted by Gasteiger charge is 1.80. The molecule has 0 atom stereocenters. The Bertz CT molecular complexity index is 362. The van der Waals surface area contributed by atoms with Crippen LogP contribution in [0.4, 0.5) is 0 Å². The number of aryl methyl sites for hydroxylation is 2. The summed E-state index contributed by atoms with van der Waals surface area (Å²) < 4.78 is 0. The number of hydrogen-bond donors (Lipinski definition) is 0. The Labute approximate surface area is 113 Å². The van der Waals surface area contributed by atoms with Crippen molar-refractivity contribution in [3.8, 4) is 0 Å². The van der Waals surface area contributed by atoms with Gasteiger partial charge in [0.05, 0.1) is 0 Å². The van der Waals surface area contributed by atoms with E-state index in [1.54, 1.807) is 0 Å². The third-order valence-electron chi connectivity index (χ3n) is 2.19. The molecule has 2 rings (SSSR count). The van der Waals surface area contributed by atoms with Gasteiger partial charge in [-0.3, -0.25) is 0 Å². The first-order valence-electron chi connectivity index (χ1n) is 6.80. The lowest BCUT2D eigenvalue weighted by atomic mass is 10.2. The van der Waals surface area contributed by atoms with Crippen molar-refractivity contribution in [2.45, 2.75) is 40.5 Å². The highest BCUT2D eigenvalue weighted by Crippen LogP contribution is 1.96. The summed E-state index contributed by atoms with van der Waals surface area (Å²) in [6, 6.07) is 20.7. The van der Waals surface area contributed by atoms with Crippen molar-refractivity contribution in [1.82, 2.24) is 0 Å². The van der Waals surface area contributed by atoms with Gasteiger partial charge in [-0.05, 0) is 18.9 Å². The van der Waals surface area contributed by atoms with Gasteiger partial charge in [0.2, 0.25) is 0 Å². The second-order valence-electron chi connectivity index (χ2n) is 4.20. The lowest BCUT2D eigenvalue weighted by molar-refractivity contribution is 1.09. The summed E-state index contributed by atoms with van der Waals surface area (Å²) >= 11 is 0. The van der Waals surface area contributed by atoms with E-state index in [-0.39, 0.29) is 0 Å². The number of benzene rings is 2. The van der Waals surface area contributed by atoms with Crippen molar-refractivity contribution in [2.75, 3.05) is 0 Å². The average Bonchev–Trinajstić information content (AvgIpc) is 2.42. The van der Waals surface area contributed by atoms with Crippen molar-refractivity contribution in [3.63, 3.8) is 0 Å². The van der Waals surface area contributed by atoms with Crippen molar-refractivity contribution in [1.29, 1.82) is 0 Å². The minimum Gasteiger partial charge on any atom is -0.0656 e. The maximum absolute atomic E-state index is 2.16. The van der Waals surface area contributed by atoms with Crippen molar-refractivity contribution in [3.05, 3.63) is 71.8 Å². The van der Waals surface area contributed by atoms with E-state index in [4.69, 9.17) is 0 Å². The largest absolute Gasteiger partial charge is 0.0656 e. The standard InChI is InChI=1S/C8H10.C7H8.C3H8/c1-2-8-6-4-3-5-7-8;1-7-5-3-2-4-6-7;1-3-2/h3-7H,2H2,1H3;2-6H,1H3;3H2,1-2H3. The monoisotopic (exact) mass is 242 g/mol. The summed E-state index contributed by atoms with van der Waals surface area (Å²) in [5.41, 5.74) is 2.73. The predicted molar refractivity (Wildman–Crippen MR) is 83.0 cm³/mol. The summed E-state index contributed by atoms with van der Waals surface area (Å²) in [5, 5.41) is 0. The van der Waals surface area contributed by atoms with Gasteiger partial charge in [0.25, 0.3) is 0 Å². The van der Waals surface area contributed by atoms with E-state index in [2.05, 4.69) is 64.1 Å². The Balaban J connectivity index is 0.000000267. The highest BCUT2D eigenvalue weighted by atomic mass is 13.9. The molecule has 0 heterocycles. The molecule has 0 aromatic heterocycles. The van der Waals surface area contributed by atoms with E-state index >= 15 is 0 Å². The van der Waals surface area contributed by atoms with Crippen LogP contribution in [0.1, 0.15) is 38.3 Å². The van der Waals surface area contributed by atoms with Crippen LogP contribution in [0.25, 0.3) is 0 Å². The Morgan fingerprint density at radius 3 is 1.28 bits per heavy atom. The molecule has 0 bridgehead atoms. The van der Waals surface area contributed by atoms with Crippen molar-refractivity contribution >= 4 is 0 Å². The molecule has 0 amide bonds. The second kappa shape index (κ2) is 11.9. The normalized spacial score (nSPS) is 8.44. The van der Waals surface area contributed by atoms with Gasteiger partial charge in [-0.2, -0.15) is 0 Å². The topological polar surface area (TPSA) is 0 Å². The minimum absolute atomic E-state index is 1.14. The van der Waals surface area contributed by atoms with Gasteiger partial charge >= 0.3 is 0 Å². The first kappa shape index (κ1) is 16.4. The van der Waals surface area contributed by atoms with Crippen molar-refractivity contribution in [2.24, 2.45) is 0 Å². The molecule has 0 N–H and O–H groups in total. The molecule has 2 aromatic rings. The first-order chi connectivity index (χ1) is 8.74. The van der Waals surface area contributed by atoms with Crippen LogP contribution >= 0.6 is 0 Å². The Morgan fingerprint density at radius 1 is 0.667 bits per heavy atom. The molecule has 98 valence electrons. The van der Waals surface area contributed by atoms with Gasteiger partial charge in [-0.25, -0.2) is 0 Å². The van der Waals surface area contributed by atoms with Gasteiger partial charge in [-0.15, -0.1) is 0 Å². The summed E-state index contributed by atoms with van der Waals surface area (Å²) in [7, 11) is 0. The van der Waals surface area contributed by atoms with Crippen LogP contribution in [-0.4, -0.2) is 0 Å². The van der Waals surface area contributed by atoms with E-state index in [0.29, 0.717) is 0 Å². The molecule has 0 saturated carbocycles. The van der Waals surface area contributed by atoms with Crippen LogP contribution in [0.2, 0.25) is 0 Å². The fraction of sp³-hybridized carbons (Fsp3) is 0.333. The Kier molecular flexibility index (Phi) is 10.9. The molecule has 0 aliphatic rings. The van der Waals surface area contributed by atoms with E-state index < -0.39 is 0 Å². The summed E-state index contributed by atoms with van der Waals surface area (Å²) in [4.78, 5) is 0. The molecule has 0 heteroatoms. The highest BCUT2D eigenvalue weighted by molar-refractivity contribution is 5.14. The van der Waals surface area contributed by atoms with Crippen LogP contribution in [0, 0.1) is 6.92 Å². The second-order valence-corrected chi connectivity index (χ2v) is 4.20. The van der Waals surface area contributed by atoms with Crippen LogP contribution in [-0.2, 0) is 6.42 Å². The van der Waals surface area contributed by atoms with Gasteiger partial charge in [0, 0.05) is 0 Å². The molecule has 18 heavy (non-hydrogen) atoms. The maximum Gasteiger partial charge on any atom is -0.0307 e. The smallest absolute Gasteiger partial charge is 0.0307 e. The van der Waals surface area contributed by atoms with Crippen molar-refractivity contribution < 1.29 is 0 Å². The molecule has 0 unspecified atom stereocenters. The summed E-state index contributed by atoms with van der Waals surface area (Å²) in [6.45, 7) is 8.50. The predicted octanol–water partition coefficient (Wildman–Crippen LogP) is 5.66. The third kappa shape index (κ3) is 9.65. The molecule has 0 nitrogen and oxygen atoms in total. The number of rotatable bonds is 1. The molecule has 0 aliphatic carbocycles. The van der Waals surface area contributed by atoms with E-state index in [1.165, 1.54) is 17.5 Å². The fourth-order valence-electron chi connectivity index (χ4n) is 1.25. The molecule has 0 fully saturated rings. The summed E-state index contributed by atoms with van der Waals surface area (Å²) in [5.74, 6) is 0. The van der Waals surface area contributed by atoms with Gasteiger partial charge in [-0.1, -0.05) is 93.4 Å². The fourth-order valence-corrected chi connectivity index (χ4v) is 1.25. The first-order valence-corrected chi connectivity index (χ1v) is 6.80. The lowest BCUT2D eigenvalue weighted by Crippen LogP contribution is -1.73. The van der Waals surface area contributed by atoms with E-state index in [9.17, 15) is 0 Å². The molecule has 0 aliphatic heterocycles. The average molecular weight is 242 g/mol. The molecule has 0 saturated heterocycles.